The van der Waals surface area contributed by atoms with Crippen LogP contribution in [0.5, 0.6) is 0 Å². The maximum atomic E-state index is 12.1. The molecular formula is C23H36ClN3O5S. The summed E-state index contributed by atoms with van der Waals surface area (Å²) in [5.41, 5.74) is 0. The van der Waals surface area contributed by atoms with Crippen LogP contribution in [0.15, 0.2) is 29.2 Å². The lowest BCUT2D eigenvalue weighted by Gasteiger charge is -2.32. The lowest BCUT2D eigenvalue weighted by Crippen LogP contribution is -2.52. The highest BCUT2D eigenvalue weighted by molar-refractivity contribution is 7.89. The van der Waals surface area contributed by atoms with Crippen LogP contribution in [0, 0.1) is 5.92 Å². The number of morpholine rings is 1. The fourth-order valence-electron chi connectivity index (χ4n) is 3.22. The first kappa shape index (κ1) is 26.2. The second-order valence-electron chi connectivity index (χ2n) is 8.98. The van der Waals surface area contributed by atoms with E-state index in [1.165, 1.54) is 29.3 Å². The Balaban J connectivity index is 0.000000161. The quantitative estimate of drug-likeness (QED) is 0.683. The summed E-state index contributed by atoms with van der Waals surface area (Å²) in [7, 11) is -3.38. The Morgan fingerprint density at radius 3 is 2.18 bits per heavy atom. The predicted octanol–water partition coefficient (Wildman–Crippen LogP) is 3.36. The van der Waals surface area contributed by atoms with E-state index in [1.807, 2.05) is 11.8 Å². The molecule has 186 valence electrons. The van der Waals surface area contributed by atoms with Gasteiger partial charge in [0.25, 0.3) is 0 Å². The van der Waals surface area contributed by atoms with Crippen LogP contribution in [-0.4, -0.2) is 81.8 Å². The number of rotatable bonds is 3. The Labute approximate surface area is 202 Å². The molecule has 1 atom stereocenters. The zero-order chi connectivity index (χ0) is 23.8. The highest BCUT2D eigenvalue weighted by atomic mass is 35.5. The number of carbonyl (C=O) groups excluding carboxylic acids is 1. The normalized spacial score (nSPS) is 23.5. The molecule has 2 saturated heterocycles. The van der Waals surface area contributed by atoms with Gasteiger partial charge < -0.3 is 19.7 Å². The first-order valence-corrected chi connectivity index (χ1v) is 13.6. The Morgan fingerprint density at radius 2 is 1.67 bits per heavy atom. The molecule has 1 unspecified atom stereocenters. The van der Waals surface area contributed by atoms with Crippen molar-refractivity contribution in [3.63, 3.8) is 0 Å². The summed E-state index contributed by atoms with van der Waals surface area (Å²) in [5, 5.41) is 3.77. The minimum Gasteiger partial charge on any atom is -0.446 e. The molecular weight excluding hydrogens is 466 g/mol. The number of hydrogen-bond donors (Lipinski definition) is 1. The summed E-state index contributed by atoms with van der Waals surface area (Å²) in [6.07, 6.45) is 5.16. The smallest absolute Gasteiger partial charge is 0.410 e. The average molecular weight is 502 g/mol. The van der Waals surface area contributed by atoms with Gasteiger partial charge in [0.2, 0.25) is 10.0 Å². The fraction of sp³-hybridized carbons (Fsp3) is 0.696. The largest absolute Gasteiger partial charge is 0.446 e. The number of ether oxygens (including phenoxy) is 2. The molecule has 0 bridgehead atoms. The molecule has 1 amide bonds. The van der Waals surface area contributed by atoms with E-state index in [4.69, 9.17) is 21.1 Å². The van der Waals surface area contributed by atoms with Crippen LogP contribution in [0.2, 0.25) is 5.02 Å². The molecule has 2 heterocycles. The van der Waals surface area contributed by atoms with Crippen molar-refractivity contribution in [3.05, 3.63) is 29.3 Å². The van der Waals surface area contributed by atoms with Crippen LogP contribution in [0.4, 0.5) is 4.79 Å². The van der Waals surface area contributed by atoms with Gasteiger partial charge in [-0.15, -0.1) is 0 Å². The summed E-state index contributed by atoms with van der Waals surface area (Å²) in [6, 6.07) is 6.46. The van der Waals surface area contributed by atoms with Crippen molar-refractivity contribution >= 4 is 27.7 Å². The van der Waals surface area contributed by atoms with Gasteiger partial charge in [0.05, 0.1) is 18.1 Å². The van der Waals surface area contributed by atoms with Gasteiger partial charge in [-0.2, -0.15) is 4.31 Å². The van der Waals surface area contributed by atoms with Gasteiger partial charge in [0.15, 0.2) is 0 Å². The van der Waals surface area contributed by atoms with Crippen molar-refractivity contribution in [1.29, 1.82) is 0 Å². The molecule has 0 aromatic heterocycles. The van der Waals surface area contributed by atoms with Crippen LogP contribution < -0.4 is 5.32 Å². The Hall–Kier alpha value is -1.39. The van der Waals surface area contributed by atoms with Crippen molar-refractivity contribution in [1.82, 2.24) is 14.5 Å². The van der Waals surface area contributed by atoms with E-state index in [1.54, 1.807) is 12.1 Å². The summed E-state index contributed by atoms with van der Waals surface area (Å²) < 4.78 is 36.0. The second kappa shape index (κ2) is 12.4. The molecule has 0 spiro atoms. The fourth-order valence-corrected chi connectivity index (χ4v) is 4.75. The van der Waals surface area contributed by atoms with E-state index >= 15 is 0 Å². The number of sulfonamides is 1. The highest BCUT2D eigenvalue weighted by Crippen LogP contribution is 2.27. The van der Waals surface area contributed by atoms with Crippen LogP contribution in [-0.2, 0) is 19.5 Å². The zero-order valence-electron chi connectivity index (χ0n) is 19.5. The Kier molecular flexibility index (Phi) is 9.81. The van der Waals surface area contributed by atoms with Gasteiger partial charge >= 0.3 is 6.09 Å². The topological polar surface area (TPSA) is 88.2 Å². The maximum absolute atomic E-state index is 12.1. The molecule has 8 nitrogen and oxygen atoms in total. The minimum atomic E-state index is -3.38. The standard InChI is InChI=1S/C10H12ClNO3S.C9H16N2O2.C4H8/c11-9-1-3-10(4-2-9)16(13,14)12-5-7-15-8-6-12;1-7-6-10-4-5-11(7)9(12)13-8-2-3-8;1-4-2-3-4/h1-4H,5-8H2;7-8,10H,2-6H2,1H3;4H,2-3H2,1H3. The summed E-state index contributed by atoms with van der Waals surface area (Å²) in [5.74, 6) is 1.08. The van der Waals surface area contributed by atoms with Crippen LogP contribution in [0.1, 0.15) is 39.5 Å². The second-order valence-corrected chi connectivity index (χ2v) is 11.4. The van der Waals surface area contributed by atoms with E-state index in [0.29, 0.717) is 31.3 Å². The molecule has 0 radical (unpaired) electrons. The van der Waals surface area contributed by atoms with Crippen molar-refractivity contribution in [2.24, 2.45) is 5.92 Å². The Bertz CT molecular complexity index is 853. The van der Waals surface area contributed by atoms with Gasteiger partial charge in [-0.3, -0.25) is 0 Å². The average Bonchev–Trinajstić information content (AvgIpc) is 3.75. The molecule has 33 heavy (non-hydrogen) atoms. The maximum Gasteiger partial charge on any atom is 0.410 e. The molecule has 4 fully saturated rings. The van der Waals surface area contributed by atoms with Crippen molar-refractivity contribution in [2.75, 3.05) is 45.9 Å². The van der Waals surface area contributed by atoms with Gasteiger partial charge in [-0.1, -0.05) is 31.4 Å². The monoisotopic (exact) mass is 501 g/mol. The first-order valence-electron chi connectivity index (χ1n) is 11.8. The lowest BCUT2D eigenvalue weighted by atomic mass is 10.2. The third kappa shape index (κ3) is 8.72. The van der Waals surface area contributed by atoms with E-state index in [2.05, 4.69) is 12.2 Å². The van der Waals surface area contributed by atoms with Crippen LogP contribution >= 0.6 is 11.6 Å². The molecule has 4 aliphatic rings. The molecule has 1 N–H and O–H groups in total. The molecule has 1 aromatic carbocycles. The lowest BCUT2D eigenvalue weighted by molar-refractivity contribution is 0.0730. The van der Waals surface area contributed by atoms with Gasteiger partial charge in [0, 0.05) is 43.8 Å². The zero-order valence-corrected chi connectivity index (χ0v) is 21.1. The van der Waals surface area contributed by atoms with Crippen molar-refractivity contribution in [2.45, 2.75) is 56.6 Å². The summed E-state index contributed by atoms with van der Waals surface area (Å²) in [6.45, 7) is 8.56. The Morgan fingerprint density at radius 1 is 1.06 bits per heavy atom. The van der Waals surface area contributed by atoms with Gasteiger partial charge in [-0.05, 0) is 49.9 Å². The molecule has 2 aliphatic heterocycles. The molecule has 5 rings (SSSR count). The van der Waals surface area contributed by atoms with E-state index in [0.717, 1.165) is 38.4 Å². The summed E-state index contributed by atoms with van der Waals surface area (Å²) >= 11 is 5.72. The van der Waals surface area contributed by atoms with Gasteiger partial charge in [0.1, 0.15) is 6.10 Å². The first-order chi connectivity index (χ1) is 15.8. The molecule has 2 aliphatic carbocycles. The number of nitrogens with one attached hydrogen (secondary N) is 1. The minimum absolute atomic E-state index is 0.128. The van der Waals surface area contributed by atoms with E-state index in [-0.39, 0.29) is 23.1 Å². The van der Waals surface area contributed by atoms with E-state index in [9.17, 15) is 13.2 Å². The number of hydrogen-bond acceptors (Lipinski definition) is 6. The van der Waals surface area contributed by atoms with Gasteiger partial charge in [-0.25, -0.2) is 13.2 Å². The number of nitrogens with zero attached hydrogens (tertiary/aromatic N) is 2. The predicted molar refractivity (Wildman–Crippen MR) is 128 cm³/mol. The molecule has 1 aromatic rings. The van der Waals surface area contributed by atoms with Crippen LogP contribution in [0.25, 0.3) is 0 Å². The van der Waals surface area contributed by atoms with E-state index < -0.39 is 10.0 Å². The number of amides is 1. The number of benzene rings is 1. The summed E-state index contributed by atoms with van der Waals surface area (Å²) in [4.78, 5) is 13.6. The number of carbonyl (C=O) groups is 1. The van der Waals surface area contributed by atoms with Crippen molar-refractivity contribution in [3.8, 4) is 0 Å². The molecule has 2 saturated carbocycles. The number of piperazine rings is 1. The molecule has 10 heteroatoms. The number of halogens is 1. The highest BCUT2D eigenvalue weighted by Gasteiger charge is 2.31. The van der Waals surface area contributed by atoms with Crippen LogP contribution in [0.3, 0.4) is 0 Å². The van der Waals surface area contributed by atoms with Crippen molar-refractivity contribution < 1.29 is 22.7 Å². The third-order valence-corrected chi connectivity index (χ3v) is 7.98. The SMILES string of the molecule is CC1CC1.CC1CNCCN1C(=O)OC1CC1.O=S(=O)(c1ccc(Cl)cc1)N1CCOCC1. The third-order valence-electron chi connectivity index (χ3n) is 5.82.